The highest BCUT2D eigenvalue weighted by atomic mass is 32.1. The average Bonchev–Trinajstić information content (AvgIpc) is 2.74. The van der Waals surface area contributed by atoms with Gasteiger partial charge in [-0.15, -0.1) is 0 Å². The number of aromatic hydroxyl groups is 1. The maximum absolute atomic E-state index is 12.8. The third-order valence-electron chi connectivity index (χ3n) is 4.53. The van der Waals surface area contributed by atoms with E-state index in [1.165, 1.54) is 31.2 Å². The summed E-state index contributed by atoms with van der Waals surface area (Å²) in [6.07, 6.45) is -0.549. The van der Waals surface area contributed by atoms with Gasteiger partial charge in [0.15, 0.2) is 0 Å². The number of nitrogens with two attached hydrogens (primary N) is 2. The van der Waals surface area contributed by atoms with Crippen LogP contribution in [0.1, 0.15) is 25.3 Å². The molecule has 4 unspecified atom stereocenters. The fourth-order valence-corrected chi connectivity index (χ4v) is 2.92. The molecule has 1 aromatic carbocycles. The first-order valence-electron chi connectivity index (χ1n) is 10.0. The number of phenols is 1. The molecular formula is C20H29N5O7S. The number of primary amides is 1. The summed E-state index contributed by atoms with van der Waals surface area (Å²) in [5.74, 6) is -4.39. The van der Waals surface area contributed by atoms with Crippen LogP contribution in [0.2, 0.25) is 0 Å². The number of amides is 4. The van der Waals surface area contributed by atoms with Crippen molar-refractivity contribution in [2.24, 2.45) is 11.5 Å². The van der Waals surface area contributed by atoms with E-state index in [1.54, 1.807) is 0 Å². The summed E-state index contributed by atoms with van der Waals surface area (Å²) in [6.45, 7) is 1.42. The molecule has 0 aliphatic heterocycles. The molecule has 0 fully saturated rings. The van der Waals surface area contributed by atoms with Gasteiger partial charge >= 0.3 is 5.97 Å². The Kier molecular flexibility index (Phi) is 11.2. The van der Waals surface area contributed by atoms with E-state index in [1.807, 2.05) is 0 Å². The van der Waals surface area contributed by atoms with Crippen LogP contribution in [0.25, 0.3) is 0 Å². The second-order valence-corrected chi connectivity index (χ2v) is 7.73. The standard InChI is InChI=1S/C20H29N5O7S/c1-10(21)17(28)25-15(9-33)19(30)23-13(6-7-16(22)27)18(29)24-14(20(31)32)8-11-2-4-12(26)5-3-11/h2-5,10,13-15,26,33H,6-9,21H2,1H3,(H2,22,27)(H,23,30)(H,24,29)(H,25,28)(H,31,32). The Morgan fingerprint density at radius 2 is 1.45 bits per heavy atom. The van der Waals surface area contributed by atoms with Gasteiger partial charge in [0.1, 0.15) is 23.9 Å². The number of aliphatic carboxylic acids is 1. The first-order valence-corrected chi connectivity index (χ1v) is 10.6. The zero-order chi connectivity index (χ0) is 25.1. The number of hydrogen-bond acceptors (Lipinski definition) is 8. The summed E-state index contributed by atoms with van der Waals surface area (Å²) in [7, 11) is 0. The van der Waals surface area contributed by atoms with Crippen LogP contribution in [-0.4, -0.2) is 69.7 Å². The molecule has 4 amide bonds. The van der Waals surface area contributed by atoms with Crippen molar-refractivity contribution < 1.29 is 34.2 Å². The van der Waals surface area contributed by atoms with Gasteiger partial charge in [-0.05, 0) is 31.0 Å². The second kappa shape index (κ2) is 13.3. The highest BCUT2D eigenvalue weighted by Crippen LogP contribution is 2.12. The van der Waals surface area contributed by atoms with Crippen molar-refractivity contribution in [3.05, 3.63) is 29.8 Å². The van der Waals surface area contributed by atoms with Gasteiger partial charge in [0.2, 0.25) is 23.6 Å². The Balaban J connectivity index is 2.95. The van der Waals surface area contributed by atoms with Gasteiger partial charge in [0.05, 0.1) is 6.04 Å². The third kappa shape index (κ3) is 9.78. The highest BCUT2D eigenvalue weighted by molar-refractivity contribution is 7.80. The molecule has 0 saturated heterocycles. The number of carboxylic acids is 1. The van der Waals surface area contributed by atoms with Gasteiger partial charge in [-0.3, -0.25) is 19.2 Å². The van der Waals surface area contributed by atoms with Crippen molar-refractivity contribution in [1.82, 2.24) is 16.0 Å². The van der Waals surface area contributed by atoms with Crippen molar-refractivity contribution in [1.29, 1.82) is 0 Å². The number of thiol groups is 1. The molecule has 4 atom stereocenters. The molecule has 9 N–H and O–H groups in total. The molecule has 0 aromatic heterocycles. The van der Waals surface area contributed by atoms with Crippen molar-refractivity contribution in [2.45, 2.75) is 50.4 Å². The molecule has 33 heavy (non-hydrogen) atoms. The molecule has 0 bridgehead atoms. The van der Waals surface area contributed by atoms with Crippen molar-refractivity contribution in [3.63, 3.8) is 0 Å². The lowest BCUT2D eigenvalue weighted by Gasteiger charge is -2.24. The topological polar surface area (TPSA) is 214 Å². The van der Waals surface area contributed by atoms with E-state index in [0.717, 1.165) is 0 Å². The van der Waals surface area contributed by atoms with Gasteiger partial charge < -0.3 is 37.6 Å². The molecule has 0 spiro atoms. The number of phenolic OH excluding ortho intramolecular Hbond substituents is 1. The summed E-state index contributed by atoms with van der Waals surface area (Å²) in [4.78, 5) is 60.0. The maximum atomic E-state index is 12.8. The first kappa shape index (κ1) is 27.7. The van der Waals surface area contributed by atoms with Crippen molar-refractivity contribution in [2.75, 3.05) is 5.75 Å². The zero-order valence-corrected chi connectivity index (χ0v) is 18.9. The number of carbonyl (C=O) groups is 5. The van der Waals surface area contributed by atoms with E-state index in [4.69, 9.17) is 11.5 Å². The lowest BCUT2D eigenvalue weighted by molar-refractivity contribution is -0.142. The summed E-state index contributed by atoms with van der Waals surface area (Å²) in [6, 6.07) is 1.09. The van der Waals surface area contributed by atoms with Crippen LogP contribution in [0.15, 0.2) is 24.3 Å². The van der Waals surface area contributed by atoms with E-state index in [0.29, 0.717) is 5.56 Å². The monoisotopic (exact) mass is 483 g/mol. The Morgan fingerprint density at radius 3 is 1.94 bits per heavy atom. The van der Waals surface area contributed by atoms with Crippen LogP contribution in [0, 0.1) is 0 Å². The van der Waals surface area contributed by atoms with Crippen LogP contribution in [-0.2, 0) is 30.4 Å². The smallest absolute Gasteiger partial charge is 0.326 e. The number of rotatable bonds is 13. The minimum Gasteiger partial charge on any atom is -0.508 e. The van der Waals surface area contributed by atoms with Crippen LogP contribution in [0.4, 0.5) is 0 Å². The van der Waals surface area contributed by atoms with Crippen LogP contribution >= 0.6 is 12.6 Å². The van der Waals surface area contributed by atoms with E-state index in [9.17, 15) is 34.2 Å². The molecule has 1 rings (SSSR count). The summed E-state index contributed by atoms with van der Waals surface area (Å²) in [5, 5.41) is 26.0. The number of nitrogens with one attached hydrogen (secondary N) is 3. The van der Waals surface area contributed by atoms with Gasteiger partial charge in [0, 0.05) is 18.6 Å². The minimum absolute atomic E-state index is 0.00115. The number of benzene rings is 1. The fraction of sp³-hybridized carbons (Fsp3) is 0.450. The summed E-state index contributed by atoms with van der Waals surface area (Å²) in [5.41, 5.74) is 11.1. The quantitative estimate of drug-likeness (QED) is 0.147. The molecule has 0 aliphatic rings. The van der Waals surface area contributed by atoms with Crippen LogP contribution < -0.4 is 27.4 Å². The third-order valence-corrected chi connectivity index (χ3v) is 4.90. The van der Waals surface area contributed by atoms with E-state index in [-0.39, 0.29) is 30.8 Å². The Hall–Kier alpha value is -3.32. The van der Waals surface area contributed by atoms with Gasteiger partial charge in [0.25, 0.3) is 0 Å². The molecule has 0 saturated carbocycles. The van der Waals surface area contributed by atoms with Crippen molar-refractivity contribution in [3.8, 4) is 5.75 Å². The van der Waals surface area contributed by atoms with E-state index >= 15 is 0 Å². The van der Waals surface area contributed by atoms with Crippen LogP contribution in [0.3, 0.4) is 0 Å². The lowest BCUT2D eigenvalue weighted by atomic mass is 10.0. The molecular weight excluding hydrogens is 454 g/mol. The first-order chi connectivity index (χ1) is 15.4. The van der Waals surface area contributed by atoms with Crippen LogP contribution in [0.5, 0.6) is 5.75 Å². The summed E-state index contributed by atoms with van der Waals surface area (Å²) < 4.78 is 0. The largest absolute Gasteiger partial charge is 0.508 e. The van der Waals surface area contributed by atoms with Crippen molar-refractivity contribution >= 4 is 42.2 Å². The average molecular weight is 484 g/mol. The van der Waals surface area contributed by atoms with Gasteiger partial charge in [-0.1, -0.05) is 12.1 Å². The number of carbonyl (C=O) groups excluding carboxylic acids is 4. The minimum atomic E-state index is -1.35. The highest BCUT2D eigenvalue weighted by Gasteiger charge is 2.29. The lowest BCUT2D eigenvalue weighted by Crippen LogP contribution is -2.57. The molecule has 1 aromatic rings. The maximum Gasteiger partial charge on any atom is 0.326 e. The summed E-state index contributed by atoms with van der Waals surface area (Å²) >= 11 is 4.02. The number of hydrogen-bond donors (Lipinski definition) is 8. The zero-order valence-electron chi connectivity index (χ0n) is 18.0. The van der Waals surface area contributed by atoms with E-state index < -0.39 is 53.8 Å². The Morgan fingerprint density at radius 1 is 0.939 bits per heavy atom. The Bertz CT molecular complexity index is 863. The van der Waals surface area contributed by atoms with Gasteiger partial charge in [-0.2, -0.15) is 12.6 Å². The normalized spacial score (nSPS) is 14.3. The van der Waals surface area contributed by atoms with Gasteiger partial charge in [-0.25, -0.2) is 4.79 Å². The predicted octanol–water partition coefficient (Wildman–Crippen LogP) is -1.98. The molecule has 13 heteroatoms. The molecule has 0 aliphatic carbocycles. The second-order valence-electron chi connectivity index (χ2n) is 7.37. The molecule has 0 radical (unpaired) electrons. The Labute approximate surface area is 195 Å². The fourth-order valence-electron chi connectivity index (χ4n) is 2.67. The molecule has 0 heterocycles. The molecule has 182 valence electrons. The number of carboxylic acid groups (broad SMARTS) is 1. The predicted molar refractivity (Wildman–Crippen MR) is 121 cm³/mol. The van der Waals surface area contributed by atoms with E-state index in [2.05, 4.69) is 28.6 Å². The SMILES string of the molecule is CC(N)C(=O)NC(CS)C(=O)NC(CCC(N)=O)C(=O)NC(Cc1ccc(O)cc1)C(=O)O. The molecule has 12 nitrogen and oxygen atoms in total.